The molecule has 182 valence electrons. The number of rotatable bonds is 6. The highest BCUT2D eigenvalue weighted by molar-refractivity contribution is 6.18. The van der Waals surface area contributed by atoms with Crippen LogP contribution in [0.2, 0.25) is 0 Å². The topological polar surface area (TPSA) is 54.4 Å². The number of hydrogen-bond acceptors (Lipinski definition) is 5. The van der Waals surface area contributed by atoms with Crippen molar-refractivity contribution < 1.29 is 14.3 Å². The quantitative estimate of drug-likeness (QED) is 0.320. The average molecular weight is 488 g/mol. The van der Waals surface area contributed by atoms with Crippen LogP contribution in [0.25, 0.3) is 6.08 Å². The Kier molecular flexibility index (Phi) is 6.13. The van der Waals surface area contributed by atoms with Crippen LogP contribution in [-0.2, 0) is 17.9 Å². The van der Waals surface area contributed by atoms with Gasteiger partial charge in [0.15, 0.2) is 11.5 Å². The molecule has 6 rings (SSSR count). The van der Waals surface area contributed by atoms with E-state index in [0.717, 1.165) is 22.4 Å². The number of fused-ring (bicyclic) bond motifs is 1. The predicted molar refractivity (Wildman–Crippen MR) is 144 cm³/mol. The number of ether oxygens (including phenoxy) is 2. The van der Waals surface area contributed by atoms with Crippen molar-refractivity contribution in [2.24, 2.45) is 4.99 Å². The maximum Gasteiger partial charge on any atom is 0.279 e. The molecule has 0 fully saturated rings. The van der Waals surface area contributed by atoms with E-state index in [1.165, 1.54) is 0 Å². The fraction of sp³-hybridized carbons (Fsp3) is 0.0968. The molecule has 0 N–H and O–H groups in total. The Morgan fingerprint density at radius 3 is 2.16 bits per heavy atom. The second-order valence-electron chi connectivity index (χ2n) is 8.84. The molecule has 2 heterocycles. The van der Waals surface area contributed by atoms with Crippen LogP contribution < -0.4 is 14.4 Å². The normalized spacial score (nSPS) is 15.2. The molecule has 6 heteroatoms. The SMILES string of the molecule is O=C1/C(=C/c2ccc3c(c2)OCO3)N=C(N(Cc2ccccc2)c2ccccc2)N1Cc1ccccc1. The van der Waals surface area contributed by atoms with Crippen LogP contribution in [0.3, 0.4) is 0 Å². The van der Waals surface area contributed by atoms with Crippen molar-refractivity contribution in [2.75, 3.05) is 11.7 Å². The number of nitrogens with zero attached hydrogens (tertiary/aromatic N) is 3. The number of carbonyl (C=O) groups is 1. The smallest absolute Gasteiger partial charge is 0.279 e. The molecule has 0 spiro atoms. The van der Waals surface area contributed by atoms with E-state index in [1.54, 1.807) is 11.0 Å². The highest BCUT2D eigenvalue weighted by Gasteiger charge is 2.34. The highest BCUT2D eigenvalue weighted by Crippen LogP contribution is 2.34. The zero-order valence-electron chi connectivity index (χ0n) is 20.2. The van der Waals surface area contributed by atoms with Crippen molar-refractivity contribution >= 4 is 23.6 Å². The monoisotopic (exact) mass is 487 g/mol. The van der Waals surface area contributed by atoms with E-state index in [9.17, 15) is 4.79 Å². The van der Waals surface area contributed by atoms with Crippen molar-refractivity contribution in [1.29, 1.82) is 0 Å². The molecule has 2 aliphatic heterocycles. The van der Waals surface area contributed by atoms with Gasteiger partial charge in [0.2, 0.25) is 12.8 Å². The molecule has 4 aromatic carbocycles. The zero-order chi connectivity index (χ0) is 25.0. The fourth-order valence-electron chi connectivity index (χ4n) is 4.47. The van der Waals surface area contributed by atoms with Gasteiger partial charge in [-0.1, -0.05) is 84.9 Å². The molecule has 0 atom stereocenters. The fourth-order valence-corrected chi connectivity index (χ4v) is 4.47. The summed E-state index contributed by atoms with van der Waals surface area (Å²) in [6.45, 7) is 1.18. The molecule has 0 saturated carbocycles. The summed E-state index contributed by atoms with van der Waals surface area (Å²) in [5.41, 5.74) is 4.31. The molecule has 6 nitrogen and oxygen atoms in total. The first-order valence-electron chi connectivity index (χ1n) is 12.2. The second kappa shape index (κ2) is 10.0. The van der Waals surface area contributed by atoms with Gasteiger partial charge in [-0.05, 0) is 47.0 Å². The van der Waals surface area contributed by atoms with Crippen molar-refractivity contribution in [3.8, 4) is 11.5 Å². The minimum atomic E-state index is -0.148. The summed E-state index contributed by atoms with van der Waals surface area (Å²) in [6, 6.07) is 35.9. The van der Waals surface area contributed by atoms with Gasteiger partial charge in [-0.3, -0.25) is 9.69 Å². The molecule has 1 amide bonds. The molecular weight excluding hydrogens is 462 g/mol. The molecule has 37 heavy (non-hydrogen) atoms. The molecule has 0 saturated heterocycles. The number of para-hydroxylation sites is 1. The van der Waals surface area contributed by atoms with Gasteiger partial charge in [-0.15, -0.1) is 0 Å². The Hall–Kier alpha value is -4.84. The number of carbonyl (C=O) groups excluding carboxylic acids is 1. The lowest BCUT2D eigenvalue weighted by molar-refractivity contribution is -0.123. The first-order valence-corrected chi connectivity index (χ1v) is 12.2. The van der Waals surface area contributed by atoms with Gasteiger partial charge in [0, 0.05) is 5.69 Å². The lowest BCUT2D eigenvalue weighted by Gasteiger charge is -2.30. The Morgan fingerprint density at radius 2 is 1.43 bits per heavy atom. The maximum absolute atomic E-state index is 13.8. The maximum atomic E-state index is 13.8. The molecular formula is C31H25N3O3. The summed E-state index contributed by atoms with van der Waals surface area (Å²) in [7, 11) is 0. The molecule has 0 radical (unpaired) electrons. The van der Waals surface area contributed by atoms with Gasteiger partial charge in [-0.25, -0.2) is 4.99 Å². The van der Waals surface area contributed by atoms with Crippen LogP contribution in [-0.4, -0.2) is 23.6 Å². The summed E-state index contributed by atoms with van der Waals surface area (Å²) in [5, 5.41) is 0. The molecule has 4 aromatic rings. The van der Waals surface area contributed by atoms with Gasteiger partial charge in [0.05, 0.1) is 13.1 Å². The number of benzene rings is 4. The minimum Gasteiger partial charge on any atom is -0.454 e. The standard InChI is InChI=1S/C31H25N3O3/c35-30-27(18-25-16-17-28-29(19-25)37-22-36-28)32-31(34(30)21-24-12-6-2-7-13-24)33(26-14-8-3-9-15-26)20-23-10-4-1-5-11-23/h1-19H,20-22H2/b27-18-. The van der Waals surface area contributed by atoms with Crippen molar-refractivity contribution in [1.82, 2.24) is 4.90 Å². The molecule has 0 aromatic heterocycles. The third kappa shape index (κ3) is 4.82. The summed E-state index contributed by atoms with van der Waals surface area (Å²) in [6.07, 6.45) is 1.81. The Bertz CT molecular complexity index is 1470. The van der Waals surface area contributed by atoms with Gasteiger partial charge < -0.3 is 14.4 Å². The van der Waals surface area contributed by atoms with E-state index >= 15 is 0 Å². The average Bonchev–Trinajstić information content (AvgIpc) is 3.53. The molecule has 0 aliphatic carbocycles. The number of guanidine groups is 1. The molecule has 0 unspecified atom stereocenters. The summed E-state index contributed by atoms with van der Waals surface area (Å²) in [5.74, 6) is 1.81. The van der Waals surface area contributed by atoms with E-state index in [4.69, 9.17) is 14.5 Å². The Balaban J connectivity index is 1.43. The van der Waals surface area contributed by atoms with E-state index in [-0.39, 0.29) is 12.7 Å². The van der Waals surface area contributed by atoms with Crippen LogP contribution in [0.5, 0.6) is 11.5 Å². The predicted octanol–water partition coefficient (Wildman–Crippen LogP) is 5.86. The van der Waals surface area contributed by atoms with Crippen LogP contribution in [0.1, 0.15) is 16.7 Å². The van der Waals surface area contributed by atoms with Crippen molar-refractivity contribution in [2.45, 2.75) is 13.1 Å². The van der Waals surface area contributed by atoms with Crippen molar-refractivity contribution in [3.05, 3.63) is 132 Å². The van der Waals surface area contributed by atoms with Crippen LogP contribution >= 0.6 is 0 Å². The summed E-state index contributed by atoms with van der Waals surface area (Å²) >= 11 is 0. The number of amides is 1. The summed E-state index contributed by atoms with van der Waals surface area (Å²) < 4.78 is 11.0. The molecule has 2 aliphatic rings. The number of aliphatic imine (C=N–C) groups is 1. The summed E-state index contributed by atoms with van der Waals surface area (Å²) in [4.78, 5) is 22.6. The van der Waals surface area contributed by atoms with Crippen LogP contribution in [0, 0.1) is 0 Å². The second-order valence-corrected chi connectivity index (χ2v) is 8.84. The number of hydrogen-bond donors (Lipinski definition) is 0. The van der Waals surface area contributed by atoms with Gasteiger partial charge in [-0.2, -0.15) is 0 Å². The van der Waals surface area contributed by atoms with E-state index < -0.39 is 0 Å². The van der Waals surface area contributed by atoms with E-state index in [1.807, 2.05) is 97.1 Å². The molecule has 0 bridgehead atoms. The van der Waals surface area contributed by atoms with E-state index in [2.05, 4.69) is 17.0 Å². The lowest BCUT2D eigenvalue weighted by Crippen LogP contribution is -2.43. The lowest BCUT2D eigenvalue weighted by atomic mass is 10.1. The van der Waals surface area contributed by atoms with Crippen molar-refractivity contribution in [3.63, 3.8) is 0 Å². The largest absolute Gasteiger partial charge is 0.454 e. The first-order chi connectivity index (χ1) is 18.2. The number of anilines is 1. The Morgan fingerprint density at radius 1 is 0.784 bits per heavy atom. The van der Waals surface area contributed by atoms with Gasteiger partial charge in [0.1, 0.15) is 5.70 Å². The Labute approximate surface area is 215 Å². The minimum absolute atomic E-state index is 0.148. The van der Waals surface area contributed by atoms with Crippen LogP contribution in [0.15, 0.2) is 120 Å². The van der Waals surface area contributed by atoms with Gasteiger partial charge >= 0.3 is 0 Å². The third-order valence-corrected chi connectivity index (χ3v) is 6.30. The highest BCUT2D eigenvalue weighted by atomic mass is 16.7. The first kappa shape index (κ1) is 22.6. The third-order valence-electron chi connectivity index (χ3n) is 6.30. The van der Waals surface area contributed by atoms with E-state index in [0.29, 0.717) is 36.2 Å². The van der Waals surface area contributed by atoms with Gasteiger partial charge in [0.25, 0.3) is 5.91 Å². The zero-order valence-corrected chi connectivity index (χ0v) is 20.2. The van der Waals surface area contributed by atoms with Crippen LogP contribution in [0.4, 0.5) is 5.69 Å².